The predicted octanol–water partition coefficient (Wildman–Crippen LogP) is 1.97. The number of anilines is 1. The Morgan fingerprint density at radius 2 is 2.18 bits per heavy atom. The molecule has 0 bridgehead atoms. The van der Waals surface area contributed by atoms with Crippen molar-refractivity contribution in [2.24, 2.45) is 0 Å². The lowest BCUT2D eigenvalue weighted by atomic mass is 10.3. The fourth-order valence-electron chi connectivity index (χ4n) is 1.18. The van der Waals surface area contributed by atoms with Crippen LogP contribution < -0.4 is 10.9 Å². The number of nitrogens with zero attached hydrogens (tertiary/aromatic N) is 1. The van der Waals surface area contributed by atoms with Gasteiger partial charge in [0.05, 0.1) is 11.3 Å². The van der Waals surface area contributed by atoms with Gasteiger partial charge in [0, 0.05) is 10.9 Å². The van der Waals surface area contributed by atoms with Crippen LogP contribution >= 0.6 is 11.3 Å². The van der Waals surface area contributed by atoms with Gasteiger partial charge in [-0.15, -0.1) is 11.3 Å². The molecule has 0 radical (unpaired) electrons. The quantitative estimate of drug-likeness (QED) is 0.884. The highest BCUT2D eigenvalue weighted by molar-refractivity contribution is 7.15. The van der Waals surface area contributed by atoms with E-state index in [4.69, 9.17) is 0 Å². The Bertz CT molecular complexity index is 575. The van der Waals surface area contributed by atoms with Gasteiger partial charge in [-0.05, 0) is 19.9 Å². The van der Waals surface area contributed by atoms with E-state index in [0.29, 0.717) is 5.13 Å². The Labute approximate surface area is 101 Å². The number of hydrogen-bond acceptors (Lipinski definition) is 5. The smallest absolute Gasteiger partial charge is 0.335 e. The molecular weight excluding hydrogens is 240 g/mol. The molecule has 0 atom stereocenters. The van der Waals surface area contributed by atoms with Gasteiger partial charge in [-0.3, -0.25) is 10.1 Å². The topological polar surface area (TPSA) is 72.2 Å². The van der Waals surface area contributed by atoms with E-state index in [2.05, 4.69) is 14.7 Å². The number of rotatable bonds is 2. The third kappa shape index (κ3) is 2.59. The number of carbonyl (C=O) groups is 1. The van der Waals surface area contributed by atoms with Crippen LogP contribution in [0.3, 0.4) is 0 Å². The third-order valence-electron chi connectivity index (χ3n) is 2.21. The number of thiazole rings is 1. The van der Waals surface area contributed by atoms with E-state index < -0.39 is 5.63 Å². The van der Waals surface area contributed by atoms with Crippen LogP contribution in [0.1, 0.15) is 20.9 Å². The van der Waals surface area contributed by atoms with Gasteiger partial charge in [-0.25, -0.2) is 9.78 Å². The average molecular weight is 250 g/mol. The molecule has 0 aliphatic rings. The van der Waals surface area contributed by atoms with Crippen LogP contribution in [-0.2, 0) is 0 Å². The number of carbonyl (C=O) groups excluding carboxylic acids is 1. The molecule has 2 rings (SSSR count). The van der Waals surface area contributed by atoms with E-state index >= 15 is 0 Å². The van der Waals surface area contributed by atoms with E-state index in [1.807, 2.05) is 13.8 Å². The van der Waals surface area contributed by atoms with Crippen molar-refractivity contribution >= 4 is 22.4 Å². The number of hydrogen-bond donors (Lipinski definition) is 1. The Morgan fingerprint density at radius 3 is 2.71 bits per heavy atom. The summed E-state index contributed by atoms with van der Waals surface area (Å²) in [6.45, 7) is 3.81. The number of amides is 1. The van der Waals surface area contributed by atoms with Gasteiger partial charge in [0.25, 0.3) is 5.91 Å². The Kier molecular flexibility index (Phi) is 3.06. The van der Waals surface area contributed by atoms with Crippen molar-refractivity contribution in [3.8, 4) is 0 Å². The molecule has 17 heavy (non-hydrogen) atoms. The molecule has 0 fully saturated rings. The molecule has 0 aromatic carbocycles. The van der Waals surface area contributed by atoms with Crippen LogP contribution in [0.25, 0.3) is 0 Å². The van der Waals surface area contributed by atoms with Gasteiger partial charge < -0.3 is 4.42 Å². The predicted molar refractivity (Wildman–Crippen MR) is 64.5 cm³/mol. The summed E-state index contributed by atoms with van der Waals surface area (Å²) in [5.41, 5.74) is 0.697. The first-order valence-electron chi connectivity index (χ1n) is 4.90. The Hall–Kier alpha value is -1.95. The second-order valence-electron chi connectivity index (χ2n) is 3.46. The molecule has 6 heteroatoms. The van der Waals surface area contributed by atoms with E-state index in [0.717, 1.165) is 16.8 Å². The molecule has 5 nitrogen and oxygen atoms in total. The van der Waals surface area contributed by atoms with E-state index in [9.17, 15) is 9.59 Å². The largest absolute Gasteiger partial charge is 0.430 e. The molecule has 2 aromatic heterocycles. The summed E-state index contributed by atoms with van der Waals surface area (Å²) >= 11 is 1.41. The van der Waals surface area contributed by atoms with Gasteiger partial charge in [0.15, 0.2) is 5.13 Å². The fraction of sp³-hybridized carbons (Fsp3) is 0.182. The molecule has 0 saturated carbocycles. The average Bonchev–Trinajstić information content (AvgIpc) is 2.58. The Morgan fingerprint density at radius 1 is 1.41 bits per heavy atom. The summed E-state index contributed by atoms with van der Waals surface area (Å²) in [5.74, 6) is -0.345. The second-order valence-corrected chi connectivity index (χ2v) is 4.66. The SMILES string of the molecule is Cc1nc(NC(=O)c2ccc(=O)oc2)sc1C. The standard InChI is InChI=1S/C11H10N2O3S/c1-6-7(2)17-11(12-6)13-10(15)8-3-4-9(14)16-5-8/h3-5H,1-2H3,(H,12,13,15). The minimum atomic E-state index is -0.484. The van der Waals surface area contributed by atoms with Gasteiger partial charge in [-0.2, -0.15) is 0 Å². The zero-order valence-corrected chi connectivity index (χ0v) is 10.1. The summed E-state index contributed by atoms with van der Waals surface area (Å²) in [4.78, 5) is 27.7. The zero-order chi connectivity index (χ0) is 12.4. The highest BCUT2D eigenvalue weighted by Gasteiger charge is 2.10. The van der Waals surface area contributed by atoms with Crippen molar-refractivity contribution in [2.45, 2.75) is 13.8 Å². The molecule has 1 N–H and O–H groups in total. The molecule has 88 valence electrons. The molecule has 0 spiro atoms. The van der Waals surface area contributed by atoms with Crippen LogP contribution in [-0.4, -0.2) is 10.9 Å². The summed E-state index contributed by atoms with van der Waals surface area (Å²) in [6.07, 6.45) is 1.13. The summed E-state index contributed by atoms with van der Waals surface area (Å²) in [7, 11) is 0. The van der Waals surface area contributed by atoms with Crippen molar-refractivity contribution in [1.82, 2.24) is 4.98 Å². The molecule has 0 aliphatic carbocycles. The normalized spacial score (nSPS) is 10.2. The molecule has 0 unspecified atom stereocenters. The minimum absolute atomic E-state index is 0.287. The first kappa shape index (κ1) is 11.5. The van der Waals surface area contributed by atoms with Gasteiger partial charge >= 0.3 is 5.63 Å². The molecule has 2 heterocycles. The van der Waals surface area contributed by atoms with Crippen molar-refractivity contribution in [1.29, 1.82) is 0 Å². The summed E-state index contributed by atoms with van der Waals surface area (Å²) < 4.78 is 4.61. The van der Waals surface area contributed by atoms with Crippen LogP contribution in [0.5, 0.6) is 0 Å². The summed E-state index contributed by atoms with van der Waals surface area (Å²) in [6, 6.07) is 2.61. The van der Waals surface area contributed by atoms with Crippen LogP contribution in [0.15, 0.2) is 27.6 Å². The number of aromatic nitrogens is 1. The molecule has 2 aromatic rings. The maximum Gasteiger partial charge on any atom is 0.335 e. The van der Waals surface area contributed by atoms with Crippen molar-refractivity contribution in [3.63, 3.8) is 0 Å². The Balaban J connectivity index is 2.16. The maximum absolute atomic E-state index is 11.7. The zero-order valence-electron chi connectivity index (χ0n) is 9.31. The molecule has 0 saturated heterocycles. The van der Waals surface area contributed by atoms with Crippen LogP contribution in [0, 0.1) is 13.8 Å². The molecule has 0 aliphatic heterocycles. The molecular formula is C11H10N2O3S. The van der Waals surface area contributed by atoms with Gasteiger partial charge in [0.1, 0.15) is 6.26 Å². The lowest BCUT2D eigenvalue weighted by Crippen LogP contribution is -2.12. The van der Waals surface area contributed by atoms with E-state index in [1.54, 1.807) is 0 Å². The van der Waals surface area contributed by atoms with Gasteiger partial charge in [-0.1, -0.05) is 0 Å². The second kappa shape index (κ2) is 4.50. The third-order valence-corrected chi connectivity index (χ3v) is 3.20. The van der Waals surface area contributed by atoms with E-state index in [1.165, 1.54) is 23.5 Å². The first-order valence-corrected chi connectivity index (χ1v) is 5.72. The highest BCUT2D eigenvalue weighted by Crippen LogP contribution is 2.21. The fourth-order valence-corrected chi connectivity index (χ4v) is 1.99. The molecule has 1 amide bonds. The van der Waals surface area contributed by atoms with Gasteiger partial charge in [0.2, 0.25) is 0 Å². The van der Waals surface area contributed by atoms with Crippen molar-refractivity contribution in [2.75, 3.05) is 5.32 Å². The number of nitrogens with one attached hydrogen (secondary N) is 1. The van der Waals surface area contributed by atoms with Crippen molar-refractivity contribution < 1.29 is 9.21 Å². The van der Waals surface area contributed by atoms with Crippen molar-refractivity contribution in [3.05, 3.63) is 45.0 Å². The monoisotopic (exact) mass is 250 g/mol. The summed E-state index contributed by atoms with van der Waals surface area (Å²) in [5, 5.41) is 3.18. The van der Waals surface area contributed by atoms with Crippen LogP contribution in [0.4, 0.5) is 5.13 Å². The van der Waals surface area contributed by atoms with E-state index in [-0.39, 0.29) is 11.5 Å². The van der Waals surface area contributed by atoms with Crippen LogP contribution in [0.2, 0.25) is 0 Å². The first-order chi connectivity index (χ1) is 8.06. The maximum atomic E-state index is 11.7. The number of aryl methyl sites for hydroxylation is 2. The lowest BCUT2D eigenvalue weighted by Gasteiger charge is -1.99. The highest BCUT2D eigenvalue weighted by atomic mass is 32.1. The lowest BCUT2D eigenvalue weighted by molar-refractivity contribution is 0.102. The minimum Gasteiger partial charge on any atom is -0.430 e.